The first kappa shape index (κ1) is 10.5. The van der Waals surface area contributed by atoms with Gasteiger partial charge in [0.1, 0.15) is 5.78 Å². The topological polar surface area (TPSA) is 32.7 Å². The zero-order valence-electron chi connectivity index (χ0n) is 7.42. The Bertz CT molecular complexity index is 166. The molecule has 11 heavy (non-hydrogen) atoms. The van der Waals surface area contributed by atoms with Crippen LogP contribution in [0.3, 0.4) is 0 Å². The highest BCUT2D eigenvalue weighted by Crippen LogP contribution is 2.05. The molecule has 0 saturated heterocycles. The highest BCUT2D eigenvalue weighted by Gasteiger charge is 2.02. The highest BCUT2D eigenvalue weighted by molar-refractivity contribution is 8.14. The third-order valence-corrected chi connectivity index (χ3v) is 2.34. The molecule has 0 heterocycles. The molecule has 0 spiro atoms. The molecule has 0 atom stereocenters. The van der Waals surface area contributed by atoms with Crippen LogP contribution in [0.1, 0.15) is 6.92 Å². The van der Waals surface area contributed by atoms with Gasteiger partial charge in [-0.3, -0.25) is 9.79 Å². The van der Waals surface area contributed by atoms with Crippen LogP contribution >= 0.6 is 11.8 Å². The summed E-state index contributed by atoms with van der Waals surface area (Å²) in [6.07, 6.45) is 0. The Hall–Kier alpha value is -0.510. The molecule has 0 fully saturated rings. The van der Waals surface area contributed by atoms with Crippen molar-refractivity contribution < 1.29 is 4.79 Å². The highest BCUT2D eigenvalue weighted by atomic mass is 32.2. The first-order valence-corrected chi connectivity index (χ1v) is 4.32. The van der Waals surface area contributed by atoms with Gasteiger partial charge < -0.3 is 4.90 Å². The number of carbonyl (C=O) groups is 1. The van der Waals surface area contributed by atoms with Crippen molar-refractivity contribution in [3.8, 4) is 0 Å². The maximum Gasteiger partial charge on any atom is 0.158 e. The van der Waals surface area contributed by atoms with E-state index in [1.165, 1.54) is 11.8 Å². The summed E-state index contributed by atoms with van der Waals surface area (Å²) in [5.41, 5.74) is 0. The maximum absolute atomic E-state index is 10.6. The fourth-order valence-electron chi connectivity index (χ4n) is 0.560. The number of hydrogen-bond acceptors (Lipinski definition) is 3. The lowest BCUT2D eigenvalue weighted by Crippen LogP contribution is -2.19. The van der Waals surface area contributed by atoms with E-state index >= 15 is 0 Å². The first-order chi connectivity index (χ1) is 5.07. The molecule has 0 N–H and O–H groups in total. The molecule has 0 aliphatic heterocycles. The Morgan fingerprint density at radius 2 is 2.09 bits per heavy atom. The maximum atomic E-state index is 10.6. The molecule has 0 saturated carbocycles. The largest absolute Gasteiger partial charge is 0.358 e. The number of nitrogens with zero attached hydrogens (tertiary/aromatic N) is 2. The van der Waals surface area contributed by atoms with Crippen molar-refractivity contribution in [1.82, 2.24) is 4.90 Å². The second-order valence-electron chi connectivity index (χ2n) is 2.39. The van der Waals surface area contributed by atoms with Crippen LogP contribution in [0.2, 0.25) is 0 Å². The van der Waals surface area contributed by atoms with Gasteiger partial charge >= 0.3 is 0 Å². The number of hydrogen-bond donors (Lipinski definition) is 0. The van der Waals surface area contributed by atoms with Gasteiger partial charge in [-0.25, -0.2) is 0 Å². The molecule has 0 aromatic heterocycles. The Kier molecular flexibility index (Phi) is 4.94. The van der Waals surface area contributed by atoms with Crippen molar-refractivity contribution >= 4 is 22.7 Å². The van der Waals surface area contributed by atoms with Crippen molar-refractivity contribution in [2.45, 2.75) is 6.92 Å². The minimum absolute atomic E-state index is 0.179. The van der Waals surface area contributed by atoms with Gasteiger partial charge in [0.25, 0.3) is 0 Å². The number of ketones is 1. The Morgan fingerprint density at radius 3 is 2.36 bits per heavy atom. The quantitative estimate of drug-likeness (QED) is 0.460. The third kappa shape index (κ3) is 4.84. The van der Waals surface area contributed by atoms with Gasteiger partial charge in [-0.1, -0.05) is 11.8 Å². The Morgan fingerprint density at radius 1 is 1.55 bits per heavy atom. The first-order valence-electron chi connectivity index (χ1n) is 3.34. The molecule has 0 aromatic carbocycles. The SMILES string of the molecule is CN=C(SCC(C)=O)N(C)C. The number of thioether (sulfide) groups is 1. The normalized spacial score (nSPS) is 11.5. The average Bonchev–Trinajstić information content (AvgIpc) is 1.87. The molecule has 0 aliphatic carbocycles. The Balaban J connectivity index is 3.81. The minimum atomic E-state index is 0.179. The lowest BCUT2D eigenvalue weighted by Gasteiger charge is -2.12. The van der Waals surface area contributed by atoms with Gasteiger partial charge in [-0.05, 0) is 6.92 Å². The van der Waals surface area contributed by atoms with Crippen LogP contribution in [0.5, 0.6) is 0 Å². The summed E-state index contributed by atoms with van der Waals surface area (Å²) in [6, 6.07) is 0. The molecule has 0 radical (unpaired) electrons. The van der Waals surface area contributed by atoms with Crippen LogP contribution in [-0.2, 0) is 4.79 Å². The predicted octanol–water partition coefficient (Wildman–Crippen LogP) is 0.856. The summed E-state index contributed by atoms with van der Waals surface area (Å²) < 4.78 is 0. The van der Waals surface area contributed by atoms with E-state index in [2.05, 4.69) is 4.99 Å². The Labute approximate surface area is 71.9 Å². The molecule has 0 aliphatic rings. The smallest absolute Gasteiger partial charge is 0.158 e. The molecule has 0 bridgehead atoms. The van der Waals surface area contributed by atoms with Gasteiger partial charge in [0.05, 0.1) is 5.75 Å². The van der Waals surface area contributed by atoms with Gasteiger partial charge in [-0.15, -0.1) is 0 Å². The molecular formula is C7H14N2OS. The molecule has 3 nitrogen and oxygen atoms in total. The monoisotopic (exact) mass is 174 g/mol. The molecule has 0 amide bonds. The second-order valence-corrected chi connectivity index (χ2v) is 3.33. The zero-order chi connectivity index (χ0) is 8.85. The predicted molar refractivity (Wildman–Crippen MR) is 50.2 cm³/mol. The van der Waals surface area contributed by atoms with Crippen LogP contribution in [0.25, 0.3) is 0 Å². The van der Waals surface area contributed by atoms with Crippen molar-refractivity contribution in [3.63, 3.8) is 0 Å². The lowest BCUT2D eigenvalue weighted by molar-refractivity contribution is -0.114. The molecule has 0 aromatic rings. The van der Waals surface area contributed by atoms with Crippen LogP contribution in [0.4, 0.5) is 0 Å². The van der Waals surface area contributed by atoms with E-state index in [0.717, 1.165) is 5.17 Å². The number of carbonyl (C=O) groups excluding carboxylic acids is 1. The number of rotatable bonds is 2. The van der Waals surface area contributed by atoms with Crippen LogP contribution in [0, 0.1) is 0 Å². The fourth-order valence-corrected chi connectivity index (χ4v) is 1.28. The van der Waals surface area contributed by atoms with E-state index in [1.54, 1.807) is 14.0 Å². The van der Waals surface area contributed by atoms with E-state index < -0.39 is 0 Å². The molecule has 0 rings (SSSR count). The fraction of sp³-hybridized carbons (Fsp3) is 0.714. The number of aliphatic imine (C=N–C) groups is 1. The van der Waals surface area contributed by atoms with Crippen LogP contribution in [0.15, 0.2) is 4.99 Å². The summed E-state index contributed by atoms with van der Waals surface area (Å²) in [5.74, 6) is 0.684. The summed E-state index contributed by atoms with van der Waals surface area (Å²) in [7, 11) is 5.55. The van der Waals surface area contributed by atoms with Gasteiger partial charge in [0.15, 0.2) is 5.17 Å². The molecule has 64 valence electrons. The lowest BCUT2D eigenvalue weighted by atomic mass is 10.5. The number of Topliss-reactive ketones (excluding diaryl/α,β-unsaturated/α-hetero) is 1. The molecular weight excluding hydrogens is 160 g/mol. The van der Waals surface area contributed by atoms with E-state index in [1.807, 2.05) is 19.0 Å². The summed E-state index contributed by atoms with van der Waals surface area (Å²) >= 11 is 1.46. The van der Waals surface area contributed by atoms with Gasteiger partial charge in [0.2, 0.25) is 0 Å². The van der Waals surface area contributed by atoms with Crippen LogP contribution in [-0.4, -0.2) is 42.7 Å². The second kappa shape index (κ2) is 5.18. The minimum Gasteiger partial charge on any atom is -0.358 e. The summed E-state index contributed by atoms with van der Waals surface area (Å²) in [6.45, 7) is 1.58. The van der Waals surface area contributed by atoms with Crippen LogP contribution < -0.4 is 0 Å². The summed E-state index contributed by atoms with van der Waals surface area (Å²) in [4.78, 5) is 16.5. The summed E-state index contributed by atoms with van der Waals surface area (Å²) in [5, 5.41) is 0.889. The third-order valence-electron chi connectivity index (χ3n) is 0.978. The molecule has 0 unspecified atom stereocenters. The van der Waals surface area contributed by atoms with E-state index in [4.69, 9.17) is 0 Å². The zero-order valence-corrected chi connectivity index (χ0v) is 8.23. The van der Waals surface area contributed by atoms with E-state index in [9.17, 15) is 4.79 Å². The van der Waals surface area contributed by atoms with Crippen molar-refractivity contribution in [1.29, 1.82) is 0 Å². The van der Waals surface area contributed by atoms with E-state index in [-0.39, 0.29) is 5.78 Å². The van der Waals surface area contributed by atoms with Gasteiger partial charge in [-0.2, -0.15) is 0 Å². The van der Waals surface area contributed by atoms with E-state index in [0.29, 0.717) is 5.75 Å². The van der Waals surface area contributed by atoms with Crippen molar-refractivity contribution in [2.75, 3.05) is 26.9 Å². The van der Waals surface area contributed by atoms with Crippen molar-refractivity contribution in [3.05, 3.63) is 0 Å². The average molecular weight is 174 g/mol. The van der Waals surface area contributed by atoms with Crippen molar-refractivity contribution in [2.24, 2.45) is 4.99 Å². The van der Waals surface area contributed by atoms with Gasteiger partial charge in [0, 0.05) is 21.1 Å². The number of amidine groups is 1. The molecule has 4 heteroatoms. The standard InChI is InChI=1S/C7H14N2OS/c1-6(10)5-11-7(8-2)9(3)4/h5H2,1-4H3.